The first-order chi connectivity index (χ1) is 11.6. The number of carbonyl (C=O) groups excluding carboxylic acids is 1. The molecule has 1 aliphatic rings. The molecule has 7 heteroatoms. The highest BCUT2D eigenvalue weighted by Gasteiger charge is 2.31. The monoisotopic (exact) mass is 355 g/mol. The van der Waals surface area contributed by atoms with Crippen molar-refractivity contribution in [1.82, 2.24) is 20.9 Å². The summed E-state index contributed by atoms with van der Waals surface area (Å²) < 4.78 is 5.21. The minimum atomic E-state index is -0.462. The van der Waals surface area contributed by atoms with Crippen LogP contribution < -0.4 is 16.0 Å². The fourth-order valence-electron chi connectivity index (χ4n) is 2.78. The second-order valence-electron chi connectivity index (χ2n) is 8.06. The fourth-order valence-corrected chi connectivity index (χ4v) is 2.78. The predicted octanol–water partition coefficient (Wildman–Crippen LogP) is 1.79. The molecule has 25 heavy (non-hydrogen) atoms. The highest BCUT2D eigenvalue weighted by molar-refractivity contribution is 5.80. The Kier molecular flexibility index (Phi) is 8.48. The summed E-state index contributed by atoms with van der Waals surface area (Å²) in [7, 11) is 1.79. The lowest BCUT2D eigenvalue weighted by Crippen LogP contribution is -2.47. The van der Waals surface area contributed by atoms with Gasteiger partial charge in [0.15, 0.2) is 5.96 Å². The van der Waals surface area contributed by atoms with Crippen molar-refractivity contribution in [2.75, 3.05) is 33.2 Å². The Labute approximate surface area is 153 Å². The van der Waals surface area contributed by atoms with Crippen LogP contribution in [0.25, 0.3) is 0 Å². The number of amides is 1. The summed E-state index contributed by atoms with van der Waals surface area (Å²) in [5.74, 6) is 1.41. The van der Waals surface area contributed by atoms with Crippen molar-refractivity contribution >= 4 is 12.1 Å². The molecule has 0 aromatic rings. The molecule has 3 N–H and O–H groups in total. The lowest BCUT2D eigenvalue weighted by atomic mass is 10.1. The van der Waals surface area contributed by atoms with Gasteiger partial charge in [-0.1, -0.05) is 6.92 Å². The van der Waals surface area contributed by atoms with Crippen LogP contribution in [0.15, 0.2) is 4.99 Å². The van der Waals surface area contributed by atoms with Gasteiger partial charge in [-0.3, -0.25) is 9.89 Å². The molecule has 146 valence electrons. The van der Waals surface area contributed by atoms with Crippen LogP contribution in [0.1, 0.15) is 48.0 Å². The van der Waals surface area contributed by atoms with Gasteiger partial charge in [0.25, 0.3) is 0 Å². The Morgan fingerprint density at radius 1 is 1.24 bits per heavy atom. The van der Waals surface area contributed by atoms with Crippen molar-refractivity contribution in [2.45, 2.75) is 65.6 Å². The molecule has 0 aromatic carbocycles. The Hall–Kier alpha value is -1.50. The molecule has 1 saturated heterocycles. The van der Waals surface area contributed by atoms with Gasteiger partial charge in [0.1, 0.15) is 5.60 Å². The standard InChI is InChI=1S/C18H37N5O2/c1-13(2)23-11-14(3)15(12-23)22-16(19-7)20-9-8-10-21-17(24)25-18(4,5)6/h13-15H,8-12H2,1-7H3,(H,21,24)(H2,19,20,22). The summed E-state index contributed by atoms with van der Waals surface area (Å²) in [6.07, 6.45) is 0.432. The van der Waals surface area contributed by atoms with E-state index in [4.69, 9.17) is 4.74 Å². The highest BCUT2D eigenvalue weighted by Crippen LogP contribution is 2.18. The van der Waals surface area contributed by atoms with E-state index in [0.717, 1.165) is 32.0 Å². The number of aliphatic imine (C=N–C) groups is 1. The van der Waals surface area contributed by atoms with E-state index < -0.39 is 5.60 Å². The number of ether oxygens (including phenoxy) is 1. The van der Waals surface area contributed by atoms with Crippen LogP contribution >= 0.6 is 0 Å². The van der Waals surface area contributed by atoms with E-state index in [0.29, 0.717) is 24.5 Å². The van der Waals surface area contributed by atoms with Gasteiger partial charge in [0.05, 0.1) is 0 Å². The highest BCUT2D eigenvalue weighted by atomic mass is 16.6. The van der Waals surface area contributed by atoms with E-state index in [9.17, 15) is 4.79 Å². The van der Waals surface area contributed by atoms with Crippen molar-refractivity contribution in [3.8, 4) is 0 Å². The number of hydrogen-bond acceptors (Lipinski definition) is 4. The summed E-state index contributed by atoms with van der Waals surface area (Å²) in [4.78, 5) is 18.4. The topological polar surface area (TPSA) is 78.0 Å². The van der Waals surface area contributed by atoms with E-state index in [1.807, 2.05) is 20.8 Å². The predicted molar refractivity (Wildman–Crippen MR) is 103 cm³/mol. The SMILES string of the molecule is CN=C(NCCCNC(=O)OC(C)(C)C)NC1CN(C(C)C)CC1C. The molecular formula is C18H37N5O2. The molecule has 0 aromatic heterocycles. The molecule has 2 atom stereocenters. The van der Waals surface area contributed by atoms with Gasteiger partial charge in [-0.25, -0.2) is 4.79 Å². The van der Waals surface area contributed by atoms with Gasteiger partial charge in [-0.05, 0) is 47.0 Å². The van der Waals surface area contributed by atoms with Crippen LogP contribution in [-0.2, 0) is 4.74 Å². The van der Waals surface area contributed by atoms with Crippen LogP contribution in [0, 0.1) is 5.92 Å². The number of carbonyl (C=O) groups is 1. The average molecular weight is 356 g/mol. The molecule has 1 amide bonds. The van der Waals surface area contributed by atoms with Gasteiger partial charge in [0, 0.05) is 45.3 Å². The summed E-state index contributed by atoms with van der Waals surface area (Å²) in [6.45, 7) is 15.8. The van der Waals surface area contributed by atoms with Crippen molar-refractivity contribution in [1.29, 1.82) is 0 Å². The van der Waals surface area contributed by atoms with Crippen LogP contribution in [0.5, 0.6) is 0 Å². The first kappa shape index (κ1) is 21.5. The normalized spacial score (nSPS) is 22.2. The van der Waals surface area contributed by atoms with Crippen molar-refractivity contribution in [2.24, 2.45) is 10.9 Å². The largest absolute Gasteiger partial charge is 0.444 e. The maximum atomic E-state index is 11.6. The molecule has 1 heterocycles. The third-order valence-corrected chi connectivity index (χ3v) is 4.23. The Balaban J connectivity index is 2.24. The summed E-state index contributed by atoms with van der Waals surface area (Å²) in [5.41, 5.74) is -0.462. The van der Waals surface area contributed by atoms with Gasteiger partial charge >= 0.3 is 6.09 Å². The summed E-state index contributed by atoms with van der Waals surface area (Å²) in [5, 5.41) is 9.59. The Morgan fingerprint density at radius 2 is 1.88 bits per heavy atom. The van der Waals surface area contributed by atoms with Crippen LogP contribution in [-0.4, -0.2) is 67.9 Å². The lowest BCUT2D eigenvalue weighted by molar-refractivity contribution is 0.0527. The molecule has 0 bridgehead atoms. The van der Waals surface area contributed by atoms with E-state index in [1.165, 1.54) is 0 Å². The number of likely N-dealkylation sites (tertiary alicyclic amines) is 1. The van der Waals surface area contributed by atoms with Gasteiger partial charge in [0.2, 0.25) is 0 Å². The molecule has 1 fully saturated rings. The van der Waals surface area contributed by atoms with E-state index in [2.05, 4.69) is 46.6 Å². The number of nitrogens with zero attached hydrogens (tertiary/aromatic N) is 2. The molecular weight excluding hydrogens is 318 g/mol. The number of nitrogens with one attached hydrogen (secondary N) is 3. The first-order valence-corrected chi connectivity index (χ1v) is 9.30. The number of hydrogen-bond donors (Lipinski definition) is 3. The molecule has 0 spiro atoms. The third kappa shape index (κ3) is 8.43. The van der Waals surface area contributed by atoms with Crippen molar-refractivity contribution < 1.29 is 9.53 Å². The van der Waals surface area contributed by atoms with Gasteiger partial charge in [-0.15, -0.1) is 0 Å². The molecule has 0 radical (unpaired) electrons. The zero-order valence-electron chi connectivity index (χ0n) is 17.0. The number of rotatable bonds is 6. The van der Waals surface area contributed by atoms with Crippen LogP contribution in [0.2, 0.25) is 0 Å². The molecule has 0 aliphatic carbocycles. The zero-order valence-corrected chi connectivity index (χ0v) is 17.0. The summed E-state index contributed by atoms with van der Waals surface area (Å²) in [6, 6.07) is 0.983. The lowest BCUT2D eigenvalue weighted by Gasteiger charge is -2.22. The minimum Gasteiger partial charge on any atom is -0.444 e. The summed E-state index contributed by atoms with van der Waals surface area (Å²) >= 11 is 0. The molecule has 1 rings (SSSR count). The fraction of sp³-hybridized carbons (Fsp3) is 0.889. The molecule has 1 aliphatic heterocycles. The second-order valence-corrected chi connectivity index (χ2v) is 8.06. The third-order valence-electron chi connectivity index (χ3n) is 4.23. The zero-order chi connectivity index (χ0) is 19.0. The van der Waals surface area contributed by atoms with E-state index in [1.54, 1.807) is 7.05 Å². The first-order valence-electron chi connectivity index (χ1n) is 9.30. The second kappa shape index (κ2) is 9.85. The molecule has 2 unspecified atom stereocenters. The Morgan fingerprint density at radius 3 is 2.40 bits per heavy atom. The van der Waals surface area contributed by atoms with Gasteiger partial charge in [-0.2, -0.15) is 0 Å². The molecule has 7 nitrogen and oxygen atoms in total. The Bertz CT molecular complexity index is 445. The average Bonchev–Trinajstić information content (AvgIpc) is 2.85. The number of guanidine groups is 1. The van der Waals surface area contributed by atoms with E-state index >= 15 is 0 Å². The van der Waals surface area contributed by atoms with Gasteiger partial charge < -0.3 is 20.7 Å². The van der Waals surface area contributed by atoms with Crippen molar-refractivity contribution in [3.05, 3.63) is 0 Å². The minimum absolute atomic E-state index is 0.372. The van der Waals surface area contributed by atoms with Crippen molar-refractivity contribution in [3.63, 3.8) is 0 Å². The van der Waals surface area contributed by atoms with E-state index in [-0.39, 0.29) is 6.09 Å². The molecule has 0 saturated carbocycles. The quantitative estimate of drug-likeness (QED) is 0.385. The van der Waals surface area contributed by atoms with Crippen LogP contribution in [0.3, 0.4) is 0 Å². The number of alkyl carbamates (subject to hydrolysis) is 1. The smallest absolute Gasteiger partial charge is 0.407 e. The van der Waals surface area contributed by atoms with Crippen LogP contribution in [0.4, 0.5) is 4.79 Å². The maximum Gasteiger partial charge on any atom is 0.407 e. The maximum absolute atomic E-state index is 11.6.